The molecule has 128 valence electrons. The highest BCUT2D eigenvalue weighted by atomic mass is 16.5. The summed E-state index contributed by atoms with van der Waals surface area (Å²) in [5, 5.41) is 19.9. The Kier molecular flexibility index (Phi) is 4.51. The predicted molar refractivity (Wildman–Crippen MR) is 89.7 cm³/mol. The van der Waals surface area contributed by atoms with Gasteiger partial charge < -0.3 is 14.7 Å². The normalized spacial score (nSPS) is 25.3. The van der Waals surface area contributed by atoms with Crippen molar-refractivity contribution in [2.45, 2.75) is 57.2 Å². The summed E-state index contributed by atoms with van der Waals surface area (Å²) < 4.78 is 5.90. The number of piperidine rings is 1. The lowest BCUT2D eigenvalue weighted by Gasteiger charge is -2.42. The average Bonchev–Trinajstić information content (AvgIpc) is 2.59. The number of hydrogen-bond acceptors (Lipinski definition) is 4. The van der Waals surface area contributed by atoms with E-state index in [2.05, 4.69) is 6.07 Å². The van der Waals surface area contributed by atoms with Gasteiger partial charge in [0, 0.05) is 31.0 Å². The molecule has 5 nitrogen and oxygen atoms in total. The number of benzene rings is 1. The van der Waals surface area contributed by atoms with Crippen molar-refractivity contribution in [1.29, 1.82) is 5.26 Å². The molecule has 1 amide bonds. The summed E-state index contributed by atoms with van der Waals surface area (Å²) in [6.45, 7) is 5.26. The van der Waals surface area contributed by atoms with E-state index >= 15 is 0 Å². The zero-order valence-corrected chi connectivity index (χ0v) is 14.3. The van der Waals surface area contributed by atoms with Gasteiger partial charge in [-0.05, 0) is 51.3 Å². The minimum absolute atomic E-state index is 0.0739. The highest BCUT2D eigenvalue weighted by Gasteiger charge is 2.44. The van der Waals surface area contributed by atoms with Crippen LogP contribution in [0.4, 0.5) is 0 Å². The molecule has 2 atom stereocenters. The number of fused-ring (bicyclic) bond motifs is 1. The van der Waals surface area contributed by atoms with Crippen LogP contribution >= 0.6 is 0 Å². The van der Waals surface area contributed by atoms with Crippen molar-refractivity contribution in [3.05, 3.63) is 29.3 Å². The van der Waals surface area contributed by atoms with Crippen LogP contribution in [0.25, 0.3) is 0 Å². The molecule has 1 N–H and O–H groups in total. The molecule has 2 unspecified atom stereocenters. The van der Waals surface area contributed by atoms with E-state index in [0.717, 1.165) is 31.5 Å². The largest absolute Gasteiger partial charge is 0.485 e. The molecule has 1 saturated heterocycles. The third-order valence-corrected chi connectivity index (χ3v) is 5.11. The molecule has 0 spiro atoms. The summed E-state index contributed by atoms with van der Waals surface area (Å²) in [6.07, 6.45) is 2.71. The molecule has 0 aliphatic carbocycles. The number of nitrogens with zero attached hydrogens (tertiary/aromatic N) is 2. The minimum Gasteiger partial charge on any atom is -0.485 e. The molecule has 5 heteroatoms. The van der Waals surface area contributed by atoms with Gasteiger partial charge in [-0.1, -0.05) is 0 Å². The van der Waals surface area contributed by atoms with Gasteiger partial charge >= 0.3 is 0 Å². The molecular formula is C19H24N2O3. The number of amides is 1. The van der Waals surface area contributed by atoms with E-state index in [9.17, 15) is 9.90 Å². The predicted octanol–water partition coefficient (Wildman–Crippen LogP) is 2.58. The average molecular weight is 328 g/mol. The number of aliphatic hydroxyl groups excluding tert-OH is 1. The Balaban J connectivity index is 1.90. The summed E-state index contributed by atoms with van der Waals surface area (Å²) in [5.41, 5.74) is 0.500. The molecule has 1 aromatic rings. The number of nitriles is 1. The maximum absolute atomic E-state index is 12.7. The second-order valence-corrected chi connectivity index (χ2v) is 7.27. The van der Waals surface area contributed by atoms with Gasteiger partial charge in [0.15, 0.2) is 0 Å². The Hall–Kier alpha value is -2.06. The standard InChI is InChI=1S/C19H24N2O3/c1-19(2)18(23)15(11-17(22)21-8-4-3-5-9-21)14-10-13(12-20)6-7-16(14)24-19/h6-7,10,15,18,23H,3-5,8-9,11H2,1-2H3. The number of likely N-dealkylation sites (tertiary alicyclic amines) is 1. The lowest BCUT2D eigenvalue weighted by Crippen LogP contribution is -2.50. The summed E-state index contributed by atoms with van der Waals surface area (Å²) in [5.74, 6) is 0.372. The van der Waals surface area contributed by atoms with Crippen LogP contribution in [0.3, 0.4) is 0 Å². The van der Waals surface area contributed by atoms with Crippen LogP contribution < -0.4 is 4.74 Å². The van der Waals surface area contributed by atoms with E-state index in [4.69, 9.17) is 10.00 Å². The number of ether oxygens (including phenoxy) is 1. The van der Waals surface area contributed by atoms with E-state index in [1.807, 2.05) is 18.7 Å². The summed E-state index contributed by atoms with van der Waals surface area (Å²) >= 11 is 0. The first-order valence-corrected chi connectivity index (χ1v) is 8.61. The zero-order chi connectivity index (χ0) is 17.3. The molecule has 24 heavy (non-hydrogen) atoms. The Morgan fingerprint density at radius 2 is 2.08 bits per heavy atom. The van der Waals surface area contributed by atoms with E-state index in [1.165, 1.54) is 6.42 Å². The molecule has 3 rings (SSSR count). The topological polar surface area (TPSA) is 73.6 Å². The lowest BCUT2D eigenvalue weighted by atomic mass is 9.79. The highest BCUT2D eigenvalue weighted by Crippen LogP contribution is 2.43. The first-order valence-electron chi connectivity index (χ1n) is 8.61. The molecule has 2 heterocycles. The van der Waals surface area contributed by atoms with E-state index in [1.54, 1.807) is 18.2 Å². The van der Waals surface area contributed by atoms with E-state index < -0.39 is 11.7 Å². The second-order valence-electron chi connectivity index (χ2n) is 7.27. The van der Waals surface area contributed by atoms with E-state index in [0.29, 0.717) is 11.3 Å². The van der Waals surface area contributed by atoms with Gasteiger partial charge in [-0.25, -0.2) is 0 Å². The van der Waals surface area contributed by atoms with Crippen LogP contribution in [0.5, 0.6) is 5.75 Å². The minimum atomic E-state index is -0.798. The van der Waals surface area contributed by atoms with Crippen molar-refractivity contribution in [3.63, 3.8) is 0 Å². The van der Waals surface area contributed by atoms with Crippen LogP contribution in [0.1, 0.15) is 56.6 Å². The fraction of sp³-hybridized carbons (Fsp3) is 0.579. The first-order chi connectivity index (χ1) is 11.4. The van der Waals surface area contributed by atoms with Gasteiger partial charge in [-0.2, -0.15) is 5.26 Å². The Bertz CT molecular complexity index is 672. The number of carbonyl (C=O) groups excluding carboxylic acids is 1. The molecule has 1 fully saturated rings. The molecule has 0 saturated carbocycles. The third kappa shape index (κ3) is 3.11. The lowest BCUT2D eigenvalue weighted by molar-refractivity contribution is -0.135. The first kappa shape index (κ1) is 16.8. The summed E-state index contributed by atoms with van der Waals surface area (Å²) in [4.78, 5) is 14.6. The van der Waals surface area contributed by atoms with Crippen molar-refractivity contribution >= 4 is 5.91 Å². The van der Waals surface area contributed by atoms with Crippen molar-refractivity contribution in [1.82, 2.24) is 4.90 Å². The van der Waals surface area contributed by atoms with Crippen LogP contribution in [0, 0.1) is 11.3 Å². The van der Waals surface area contributed by atoms with Crippen LogP contribution in [0.15, 0.2) is 18.2 Å². The number of rotatable bonds is 2. The monoisotopic (exact) mass is 328 g/mol. The third-order valence-electron chi connectivity index (χ3n) is 5.11. The van der Waals surface area contributed by atoms with Crippen molar-refractivity contribution in [3.8, 4) is 11.8 Å². The van der Waals surface area contributed by atoms with Gasteiger partial charge in [0.1, 0.15) is 17.5 Å². The maximum Gasteiger partial charge on any atom is 0.223 e. The molecule has 0 bridgehead atoms. The molecular weight excluding hydrogens is 304 g/mol. The molecule has 0 radical (unpaired) electrons. The molecule has 1 aromatic carbocycles. The molecule has 2 aliphatic heterocycles. The summed E-state index contributed by atoms with van der Waals surface area (Å²) in [7, 11) is 0. The number of hydrogen-bond donors (Lipinski definition) is 1. The molecule has 0 aromatic heterocycles. The van der Waals surface area contributed by atoms with Gasteiger partial charge in [0.05, 0.1) is 11.6 Å². The SMILES string of the molecule is CC1(C)Oc2ccc(C#N)cc2C(CC(=O)N2CCCCC2)C1O. The smallest absolute Gasteiger partial charge is 0.223 e. The van der Waals surface area contributed by atoms with Crippen LogP contribution in [-0.4, -0.2) is 40.7 Å². The highest BCUT2D eigenvalue weighted by molar-refractivity contribution is 5.77. The Morgan fingerprint density at radius 1 is 1.38 bits per heavy atom. The van der Waals surface area contributed by atoms with Crippen molar-refractivity contribution in [2.75, 3.05) is 13.1 Å². The quantitative estimate of drug-likeness (QED) is 0.905. The van der Waals surface area contributed by atoms with Crippen molar-refractivity contribution in [2.24, 2.45) is 0 Å². The van der Waals surface area contributed by atoms with Crippen LogP contribution in [-0.2, 0) is 4.79 Å². The fourth-order valence-electron chi connectivity index (χ4n) is 3.68. The van der Waals surface area contributed by atoms with Gasteiger partial charge in [-0.3, -0.25) is 4.79 Å². The Morgan fingerprint density at radius 3 is 2.75 bits per heavy atom. The number of aliphatic hydroxyl groups is 1. The summed E-state index contributed by atoms with van der Waals surface area (Å²) in [6, 6.07) is 7.32. The fourth-order valence-corrected chi connectivity index (χ4v) is 3.68. The van der Waals surface area contributed by atoms with E-state index in [-0.39, 0.29) is 18.2 Å². The van der Waals surface area contributed by atoms with Crippen LogP contribution in [0.2, 0.25) is 0 Å². The van der Waals surface area contributed by atoms with Gasteiger partial charge in [0.25, 0.3) is 0 Å². The molecule has 2 aliphatic rings. The van der Waals surface area contributed by atoms with Crippen molar-refractivity contribution < 1.29 is 14.6 Å². The zero-order valence-electron chi connectivity index (χ0n) is 14.3. The Labute approximate surface area is 142 Å². The number of carbonyl (C=O) groups is 1. The van der Waals surface area contributed by atoms with Gasteiger partial charge in [0.2, 0.25) is 5.91 Å². The second kappa shape index (κ2) is 6.45. The van der Waals surface area contributed by atoms with Gasteiger partial charge in [-0.15, -0.1) is 0 Å². The maximum atomic E-state index is 12.7.